The van der Waals surface area contributed by atoms with Gasteiger partial charge in [-0.25, -0.2) is 0 Å². The van der Waals surface area contributed by atoms with Gasteiger partial charge in [-0.05, 0) is 82.9 Å². The minimum absolute atomic E-state index is 0.604. The third-order valence-electron chi connectivity index (χ3n) is 9.36. The van der Waals surface area contributed by atoms with Crippen molar-refractivity contribution in [2.45, 2.75) is 0 Å². The second-order valence-electron chi connectivity index (χ2n) is 12.1. The second-order valence-corrected chi connectivity index (χ2v) is 12.1. The summed E-state index contributed by atoms with van der Waals surface area (Å²) in [5.41, 5.74) is 12.0. The molecular formula is C44H26N4. The predicted molar refractivity (Wildman–Crippen MR) is 196 cm³/mol. The van der Waals surface area contributed by atoms with E-state index in [1.54, 1.807) is 0 Å². The maximum atomic E-state index is 9.77. The number of aromatic nitrogens is 1. The van der Waals surface area contributed by atoms with Gasteiger partial charge >= 0.3 is 0 Å². The third kappa shape index (κ3) is 4.29. The normalized spacial score (nSPS) is 11.3. The number of fused-ring (bicyclic) bond motifs is 6. The van der Waals surface area contributed by atoms with Crippen molar-refractivity contribution < 1.29 is 0 Å². The van der Waals surface area contributed by atoms with Crippen LogP contribution in [-0.4, -0.2) is 4.40 Å². The first-order chi connectivity index (χ1) is 23.7. The van der Waals surface area contributed by atoms with E-state index in [4.69, 9.17) is 0 Å². The van der Waals surface area contributed by atoms with Crippen LogP contribution in [0.3, 0.4) is 0 Å². The van der Waals surface area contributed by atoms with E-state index in [0.717, 1.165) is 66.3 Å². The highest BCUT2D eigenvalue weighted by molar-refractivity contribution is 6.24. The minimum Gasteiger partial charge on any atom is -0.310 e. The lowest BCUT2D eigenvalue weighted by atomic mass is 10.0. The van der Waals surface area contributed by atoms with Crippen LogP contribution in [0.1, 0.15) is 11.1 Å². The SMILES string of the molecule is N#Cc1ccc2c3cc(N(c4ccc(-c5ccccc5)cc4)c4ccc(-c5ccccc5)cc4)cc4c5ccc(C#N)cc5n(c2c1)c34. The summed E-state index contributed by atoms with van der Waals surface area (Å²) >= 11 is 0. The van der Waals surface area contributed by atoms with E-state index < -0.39 is 0 Å². The highest BCUT2D eigenvalue weighted by Gasteiger charge is 2.22. The molecule has 0 unspecified atom stereocenters. The van der Waals surface area contributed by atoms with Gasteiger partial charge in [-0.1, -0.05) is 97.1 Å². The summed E-state index contributed by atoms with van der Waals surface area (Å²) in [5.74, 6) is 0. The number of anilines is 3. The number of nitrogens with zero attached hydrogens (tertiary/aromatic N) is 4. The predicted octanol–water partition coefficient (Wildman–Crippen LogP) is 11.4. The van der Waals surface area contributed by atoms with Gasteiger partial charge in [0.1, 0.15) is 0 Å². The average molecular weight is 611 g/mol. The van der Waals surface area contributed by atoms with Gasteiger partial charge in [-0.2, -0.15) is 10.5 Å². The second kappa shape index (κ2) is 10.9. The van der Waals surface area contributed by atoms with Gasteiger partial charge in [0, 0.05) is 38.6 Å². The molecule has 0 N–H and O–H groups in total. The molecule has 4 heteroatoms. The monoisotopic (exact) mass is 610 g/mol. The van der Waals surface area contributed by atoms with Crippen LogP contribution in [0.25, 0.3) is 60.3 Å². The van der Waals surface area contributed by atoms with E-state index in [1.165, 1.54) is 11.1 Å². The average Bonchev–Trinajstić information content (AvgIpc) is 3.67. The smallest absolute Gasteiger partial charge is 0.0992 e. The zero-order valence-corrected chi connectivity index (χ0v) is 25.8. The molecule has 9 rings (SSSR count). The molecule has 0 aliphatic carbocycles. The highest BCUT2D eigenvalue weighted by Crippen LogP contribution is 2.45. The van der Waals surface area contributed by atoms with Gasteiger partial charge in [0.05, 0.1) is 39.8 Å². The molecule has 0 saturated heterocycles. The Hall–Kier alpha value is -6.88. The van der Waals surface area contributed by atoms with E-state index in [9.17, 15) is 10.5 Å². The number of benzene rings is 7. The van der Waals surface area contributed by atoms with Crippen LogP contribution in [0.5, 0.6) is 0 Å². The molecule has 0 radical (unpaired) electrons. The molecule has 0 fully saturated rings. The van der Waals surface area contributed by atoms with Crippen LogP contribution in [0.15, 0.2) is 158 Å². The Morgan fingerprint density at radius 2 is 0.812 bits per heavy atom. The number of rotatable bonds is 5. The van der Waals surface area contributed by atoms with Gasteiger partial charge in [0.15, 0.2) is 0 Å². The van der Waals surface area contributed by atoms with Gasteiger partial charge in [0.25, 0.3) is 0 Å². The van der Waals surface area contributed by atoms with E-state index in [0.29, 0.717) is 11.1 Å². The highest BCUT2D eigenvalue weighted by atomic mass is 15.1. The first-order valence-corrected chi connectivity index (χ1v) is 15.9. The van der Waals surface area contributed by atoms with Crippen LogP contribution < -0.4 is 4.90 Å². The zero-order chi connectivity index (χ0) is 32.2. The summed E-state index contributed by atoms with van der Waals surface area (Å²) in [6, 6.07) is 59.3. The van der Waals surface area contributed by atoms with Crippen LogP contribution in [-0.2, 0) is 0 Å². The van der Waals surface area contributed by atoms with Gasteiger partial charge in [-0.3, -0.25) is 0 Å². The molecule has 0 saturated carbocycles. The van der Waals surface area contributed by atoms with Gasteiger partial charge in [0.2, 0.25) is 0 Å². The molecule has 0 atom stereocenters. The van der Waals surface area contributed by atoms with Crippen molar-refractivity contribution in [2.75, 3.05) is 4.90 Å². The van der Waals surface area contributed by atoms with Crippen molar-refractivity contribution in [2.24, 2.45) is 0 Å². The minimum atomic E-state index is 0.604. The molecule has 0 amide bonds. The fourth-order valence-electron chi connectivity index (χ4n) is 7.11. The standard InChI is InChI=1S/C44H26N4/c45-27-29-11-21-38-40-25-37(26-41-39-22-12-30(28-46)24-43(39)48(44(40)41)42(38)23-29)47(35-17-13-33(14-18-35)31-7-3-1-4-8-31)36-19-15-34(16-20-36)32-9-5-2-6-10-32/h1-26H. The van der Waals surface area contributed by atoms with E-state index in [-0.39, 0.29) is 0 Å². The summed E-state index contributed by atoms with van der Waals surface area (Å²) in [6.45, 7) is 0. The molecule has 2 heterocycles. The van der Waals surface area contributed by atoms with Crippen LogP contribution >= 0.6 is 0 Å². The Labute approximate surface area is 277 Å². The molecule has 4 nitrogen and oxygen atoms in total. The Morgan fingerprint density at radius 3 is 1.23 bits per heavy atom. The molecule has 2 aromatic heterocycles. The summed E-state index contributed by atoms with van der Waals surface area (Å²) in [5, 5.41) is 23.9. The maximum absolute atomic E-state index is 9.77. The van der Waals surface area contributed by atoms with Crippen molar-refractivity contribution in [3.8, 4) is 34.4 Å². The molecule has 9 aromatic rings. The van der Waals surface area contributed by atoms with E-state index >= 15 is 0 Å². The molecule has 222 valence electrons. The van der Waals surface area contributed by atoms with Crippen molar-refractivity contribution >= 4 is 55.2 Å². The van der Waals surface area contributed by atoms with Crippen LogP contribution in [0, 0.1) is 22.7 Å². The van der Waals surface area contributed by atoms with Gasteiger partial charge < -0.3 is 9.30 Å². The number of hydrogen-bond acceptors (Lipinski definition) is 3. The molecule has 0 aliphatic rings. The Kier molecular flexibility index (Phi) is 6.22. The van der Waals surface area contributed by atoms with Crippen LogP contribution in [0.2, 0.25) is 0 Å². The van der Waals surface area contributed by atoms with Crippen LogP contribution in [0.4, 0.5) is 17.1 Å². The molecule has 0 aliphatic heterocycles. The summed E-state index contributed by atoms with van der Waals surface area (Å²) in [6.07, 6.45) is 0. The molecule has 0 bridgehead atoms. The Bertz CT molecular complexity index is 2530. The fourth-order valence-corrected chi connectivity index (χ4v) is 7.11. The first-order valence-electron chi connectivity index (χ1n) is 15.9. The van der Waals surface area contributed by atoms with Gasteiger partial charge in [-0.15, -0.1) is 0 Å². The van der Waals surface area contributed by atoms with Crippen molar-refractivity contribution in [1.29, 1.82) is 10.5 Å². The van der Waals surface area contributed by atoms with E-state index in [1.807, 2.05) is 48.5 Å². The molecule has 0 spiro atoms. The van der Waals surface area contributed by atoms with Crippen molar-refractivity contribution in [3.63, 3.8) is 0 Å². The number of hydrogen-bond donors (Lipinski definition) is 0. The lowest BCUT2D eigenvalue weighted by Gasteiger charge is -2.26. The lowest BCUT2D eigenvalue weighted by molar-refractivity contribution is 1.29. The zero-order valence-electron chi connectivity index (χ0n) is 25.8. The van der Waals surface area contributed by atoms with E-state index in [2.05, 4.69) is 131 Å². The van der Waals surface area contributed by atoms with Crippen molar-refractivity contribution in [3.05, 3.63) is 169 Å². The summed E-state index contributed by atoms with van der Waals surface area (Å²) in [4.78, 5) is 2.31. The maximum Gasteiger partial charge on any atom is 0.0992 e. The molecule has 7 aromatic carbocycles. The Morgan fingerprint density at radius 1 is 0.396 bits per heavy atom. The first kappa shape index (κ1) is 27.4. The quantitative estimate of drug-likeness (QED) is 0.195. The summed E-state index contributed by atoms with van der Waals surface area (Å²) < 4.78 is 2.22. The molecular weight excluding hydrogens is 585 g/mol. The van der Waals surface area contributed by atoms with Crippen molar-refractivity contribution in [1.82, 2.24) is 4.40 Å². The summed E-state index contributed by atoms with van der Waals surface area (Å²) in [7, 11) is 0. The fraction of sp³-hybridized carbons (Fsp3) is 0. The molecule has 48 heavy (non-hydrogen) atoms. The Balaban J connectivity index is 1.30. The lowest BCUT2D eigenvalue weighted by Crippen LogP contribution is -2.10. The largest absolute Gasteiger partial charge is 0.310 e. The topological polar surface area (TPSA) is 55.2 Å². The number of nitriles is 2. The third-order valence-corrected chi connectivity index (χ3v) is 9.36.